The molecular weight excluding hydrogens is 309 g/mol. The molecule has 0 bridgehead atoms. The second kappa shape index (κ2) is 6.52. The van der Waals surface area contributed by atoms with Crippen LogP contribution >= 0.6 is 0 Å². The lowest BCUT2D eigenvalue weighted by Gasteiger charge is -2.17. The smallest absolute Gasteiger partial charge is 0.233 e. The maximum atomic E-state index is 13.1. The summed E-state index contributed by atoms with van der Waals surface area (Å²) in [5.41, 5.74) is 2.88. The number of aromatic nitrogens is 4. The zero-order valence-electron chi connectivity index (χ0n) is 14.1. The molecule has 2 aromatic heterocycles. The van der Waals surface area contributed by atoms with Crippen molar-refractivity contribution in [2.75, 3.05) is 0 Å². The number of nitrogens with zero attached hydrogens (tertiary/aromatic N) is 4. The van der Waals surface area contributed by atoms with E-state index >= 15 is 0 Å². The third kappa shape index (κ3) is 3.21. The van der Waals surface area contributed by atoms with Gasteiger partial charge in [0.2, 0.25) is 11.8 Å². The number of benzene rings is 1. The minimum Gasteiger partial charge on any atom is -0.424 e. The number of halogens is 1. The van der Waals surface area contributed by atoms with Gasteiger partial charge in [-0.05, 0) is 45.0 Å². The third-order valence-electron chi connectivity index (χ3n) is 4.00. The van der Waals surface area contributed by atoms with E-state index in [1.165, 1.54) is 12.1 Å². The van der Waals surface area contributed by atoms with Gasteiger partial charge in [0.05, 0.1) is 17.9 Å². The normalized spacial score (nSPS) is 13.9. The Morgan fingerprint density at radius 1 is 1.08 bits per heavy atom. The molecule has 24 heavy (non-hydrogen) atoms. The van der Waals surface area contributed by atoms with Gasteiger partial charge < -0.3 is 4.42 Å². The molecule has 3 rings (SSSR count). The van der Waals surface area contributed by atoms with E-state index in [4.69, 9.17) is 4.42 Å². The molecule has 0 saturated heterocycles. The highest BCUT2D eigenvalue weighted by atomic mass is 19.1. The largest absolute Gasteiger partial charge is 0.424 e. The van der Waals surface area contributed by atoms with Gasteiger partial charge >= 0.3 is 0 Å². The number of hydrogen-bond donors (Lipinski definition) is 1. The summed E-state index contributed by atoms with van der Waals surface area (Å²) >= 11 is 0. The van der Waals surface area contributed by atoms with Crippen molar-refractivity contribution < 1.29 is 8.81 Å². The molecule has 0 fully saturated rings. The van der Waals surface area contributed by atoms with Crippen LogP contribution in [-0.2, 0) is 0 Å². The van der Waals surface area contributed by atoms with Gasteiger partial charge in [0.25, 0.3) is 0 Å². The second-order valence-corrected chi connectivity index (χ2v) is 5.84. The summed E-state index contributed by atoms with van der Waals surface area (Å²) in [5, 5.41) is 15.7. The number of rotatable bonds is 5. The average molecular weight is 329 g/mol. The molecule has 1 N–H and O–H groups in total. The predicted molar refractivity (Wildman–Crippen MR) is 87.3 cm³/mol. The van der Waals surface area contributed by atoms with Gasteiger partial charge in [-0.25, -0.2) is 9.07 Å². The quantitative estimate of drug-likeness (QED) is 0.777. The molecule has 0 amide bonds. The van der Waals surface area contributed by atoms with Crippen LogP contribution < -0.4 is 5.32 Å². The Morgan fingerprint density at radius 2 is 1.79 bits per heavy atom. The van der Waals surface area contributed by atoms with Crippen molar-refractivity contribution in [2.24, 2.45) is 0 Å². The summed E-state index contributed by atoms with van der Waals surface area (Å²) in [6.45, 7) is 7.79. The lowest BCUT2D eigenvalue weighted by Crippen LogP contribution is -2.23. The van der Waals surface area contributed by atoms with Crippen LogP contribution in [0.1, 0.15) is 49.0 Å². The third-order valence-corrected chi connectivity index (χ3v) is 4.00. The molecule has 3 aromatic rings. The molecule has 0 radical (unpaired) electrons. The summed E-state index contributed by atoms with van der Waals surface area (Å²) in [4.78, 5) is 0. The molecule has 2 heterocycles. The lowest BCUT2D eigenvalue weighted by molar-refractivity contribution is 0.379. The van der Waals surface area contributed by atoms with Gasteiger partial charge in [0.1, 0.15) is 5.82 Å². The van der Waals surface area contributed by atoms with E-state index < -0.39 is 0 Å². The maximum absolute atomic E-state index is 13.1. The standard InChI is InChI=1S/C17H20FN5O/c1-10(20-11(2)17-22-21-13(4)24-17)16-9-19-23(12(16)3)15-7-5-14(18)6-8-15/h5-11,20H,1-4H3/t10-,11+/m0/s1. The highest BCUT2D eigenvalue weighted by Crippen LogP contribution is 2.23. The molecule has 7 heteroatoms. The number of nitrogens with one attached hydrogen (secondary N) is 1. The van der Waals surface area contributed by atoms with Gasteiger partial charge in [0.15, 0.2) is 0 Å². The van der Waals surface area contributed by atoms with Crippen molar-refractivity contribution in [3.8, 4) is 5.69 Å². The van der Waals surface area contributed by atoms with E-state index in [0.717, 1.165) is 16.9 Å². The van der Waals surface area contributed by atoms with Gasteiger partial charge in [-0.1, -0.05) is 0 Å². The van der Waals surface area contributed by atoms with E-state index in [-0.39, 0.29) is 17.9 Å². The fourth-order valence-electron chi connectivity index (χ4n) is 2.71. The molecule has 0 spiro atoms. The first kappa shape index (κ1) is 16.3. The Labute approximate surface area is 139 Å². The van der Waals surface area contributed by atoms with Crippen LogP contribution in [0.3, 0.4) is 0 Å². The van der Waals surface area contributed by atoms with Crippen LogP contribution in [0.15, 0.2) is 34.9 Å². The monoisotopic (exact) mass is 329 g/mol. The Balaban J connectivity index is 1.78. The fourth-order valence-corrected chi connectivity index (χ4v) is 2.71. The van der Waals surface area contributed by atoms with Gasteiger partial charge in [-0.3, -0.25) is 5.32 Å². The maximum Gasteiger partial charge on any atom is 0.233 e. The minimum atomic E-state index is -0.262. The van der Waals surface area contributed by atoms with Crippen molar-refractivity contribution in [3.05, 3.63) is 59.3 Å². The van der Waals surface area contributed by atoms with Crippen LogP contribution in [0.5, 0.6) is 0 Å². The van der Waals surface area contributed by atoms with E-state index in [2.05, 4.69) is 27.5 Å². The Morgan fingerprint density at radius 3 is 2.42 bits per heavy atom. The van der Waals surface area contributed by atoms with Crippen molar-refractivity contribution in [1.82, 2.24) is 25.3 Å². The predicted octanol–water partition coefficient (Wildman–Crippen LogP) is 3.42. The van der Waals surface area contributed by atoms with E-state index in [0.29, 0.717) is 11.8 Å². The Bertz CT molecular complexity index is 824. The molecule has 126 valence electrons. The van der Waals surface area contributed by atoms with Crippen molar-refractivity contribution in [3.63, 3.8) is 0 Å². The summed E-state index contributed by atoms with van der Waals surface area (Å²) in [6, 6.07) is 6.24. The summed E-state index contributed by atoms with van der Waals surface area (Å²) in [5.74, 6) is 0.844. The summed E-state index contributed by atoms with van der Waals surface area (Å²) < 4.78 is 20.3. The van der Waals surface area contributed by atoms with Crippen molar-refractivity contribution in [2.45, 2.75) is 39.8 Å². The van der Waals surface area contributed by atoms with Gasteiger partial charge in [-0.2, -0.15) is 5.10 Å². The van der Waals surface area contributed by atoms with Crippen molar-refractivity contribution >= 4 is 0 Å². The average Bonchev–Trinajstić information content (AvgIpc) is 3.14. The topological polar surface area (TPSA) is 68.8 Å². The zero-order valence-corrected chi connectivity index (χ0v) is 14.1. The second-order valence-electron chi connectivity index (χ2n) is 5.84. The Kier molecular flexibility index (Phi) is 4.44. The van der Waals surface area contributed by atoms with Crippen LogP contribution in [0.4, 0.5) is 4.39 Å². The molecule has 0 aliphatic rings. The molecule has 0 unspecified atom stereocenters. The van der Waals surface area contributed by atoms with Gasteiger partial charge in [-0.15, -0.1) is 10.2 Å². The zero-order chi connectivity index (χ0) is 17.3. The number of hydrogen-bond acceptors (Lipinski definition) is 5. The van der Waals surface area contributed by atoms with Crippen LogP contribution in [0.2, 0.25) is 0 Å². The molecule has 2 atom stereocenters. The van der Waals surface area contributed by atoms with E-state index in [9.17, 15) is 4.39 Å². The Hall–Kier alpha value is -2.54. The first-order chi connectivity index (χ1) is 11.5. The fraction of sp³-hybridized carbons (Fsp3) is 0.353. The van der Waals surface area contributed by atoms with E-state index in [1.54, 1.807) is 23.7 Å². The minimum absolute atomic E-state index is 0.0430. The SMILES string of the molecule is Cc1nnc([C@@H](C)N[C@@H](C)c2cnn(-c3ccc(F)cc3)c2C)o1. The molecular formula is C17H20FN5O. The highest BCUT2D eigenvalue weighted by molar-refractivity contribution is 5.35. The molecule has 6 nitrogen and oxygen atoms in total. The summed E-state index contributed by atoms with van der Waals surface area (Å²) in [6.07, 6.45) is 1.82. The summed E-state index contributed by atoms with van der Waals surface area (Å²) in [7, 11) is 0. The van der Waals surface area contributed by atoms with Gasteiger partial charge in [0, 0.05) is 24.2 Å². The van der Waals surface area contributed by atoms with Crippen LogP contribution in [0.25, 0.3) is 5.69 Å². The molecule has 0 saturated carbocycles. The van der Waals surface area contributed by atoms with Crippen LogP contribution in [-0.4, -0.2) is 20.0 Å². The van der Waals surface area contributed by atoms with Crippen LogP contribution in [0, 0.1) is 19.7 Å². The van der Waals surface area contributed by atoms with E-state index in [1.807, 2.05) is 20.0 Å². The van der Waals surface area contributed by atoms with Crippen molar-refractivity contribution in [1.29, 1.82) is 0 Å². The lowest BCUT2D eigenvalue weighted by atomic mass is 10.1. The highest BCUT2D eigenvalue weighted by Gasteiger charge is 2.19. The first-order valence-corrected chi connectivity index (χ1v) is 7.82. The molecule has 0 aliphatic heterocycles. The molecule has 0 aliphatic carbocycles. The number of aryl methyl sites for hydroxylation is 1. The first-order valence-electron chi connectivity index (χ1n) is 7.82. The molecule has 1 aromatic carbocycles.